The highest BCUT2D eigenvalue weighted by Crippen LogP contribution is 2.18. The topological polar surface area (TPSA) is 75.3 Å². The fraction of sp³-hybridized carbons (Fsp3) is 0.500. The van der Waals surface area contributed by atoms with Gasteiger partial charge in [0, 0.05) is 12.2 Å². The average molecular weight is 233 g/mol. The van der Waals surface area contributed by atoms with Crippen molar-refractivity contribution in [1.82, 2.24) is 15.7 Å². The quantitative estimate of drug-likeness (QED) is 0.310. The Morgan fingerprint density at radius 2 is 2.41 bits per heavy atom. The number of pyridine rings is 1. The Kier molecular flexibility index (Phi) is 3.93. The molecule has 4 N–H and O–H groups in total. The summed E-state index contributed by atoms with van der Waals surface area (Å²) in [6.07, 6.45) is 5.17. The summed E-state index contributed by atoms with van der Waals surface area (Å²) in [5.41, 5.74) is 4.84. The molecule has 0 unspecified atom stereocenters. The van der Waals surface area contributed by atoms with Gasteiger partial charge in [-0.05, 0) is 30.9 Å². The third kappa shape index (κ3) is 3.42. The summed E-state index contributed by atoms with van der Waals surface area (Å²) in [6.45, 7) is 2.68. The number of nitrogens with two attached hydrogens (primary N) is 1. The highest BCUT2D eigenvalue weighted by Gasteiger charge is 2.21. The van der Waals surface area contributed by atoms with Crippen molar-refractivity contribution < 1.29 is 0 Å². The van der Waals surface area contributed by atoms with Crippen LogP contribution in [0.15, 0.2) is 23.3 Å². The summed E-state index contributed by atoms with van der Waals surface area (Å²) in [5, 5.41) is 3.23. The lowest BCUT2D eigenvalue weighted by atomic mass is 10.1. The average Bonchev–Trinajstić information content (AvgIpc) is 3.18. The van der Waals surface area contributed by atoms with Crippen LogP contribution in [0.4, 0.5) is 0 Å². The Morgan fingerprint density at radius 3 is 3.06 bits per heavy atom. The summed E-state index contributed by atoms with van der Waals surface area (Å²) in [7, 11) is 0. The van der Waals surface area contributed by atoms with E-state index in [4.69, 9.17) is 5.84 Å². The van der Waals surface area contributed by atoms with Crippen LogP contribution < -0.4 is 16.6 Å². The molecule has 0 atom stereocenters. The molecule has 0 saturated heterocycles. The normalized spacial score (nSPS) is 15.8. The van der Waals surface area contributed by atoms with Gasteiger partial charge in [0.15, 0.2) is 0 Å². The van der Waals surface area contributed by atoms with Crippen molar-refractivity contribution in [2.45, 2.75) is 38.8 Å². The molecule has 0 spiro atoms. The molecule has 0 bridgehead atoms. The number of aliphatic imine (C=N–C) groups is 1. The first-order valence-corrected chi connectivity index (χ1v) is 6.04. The van der Waals surface area contributed by atoms with Crippen LogP contribution in [0.5, 0.6) is 0 Å². The molecule has 1 fully saturated rings. The zero-order valence-corrected chi connectivity index (χ0v) is 10.1. The Hall–Kier alpha value is -1.62. The van der Waals surface area contributed by atoms with Gasteiger partial charge in [0.2, 0.25) is 5.96 Å². The minimum atomic E-state index is 0.541. The van der Waals surface area contributed by atoms with E-state index in [0.29, 0.717) is 18.5 Å². The monoisotopic (exact) mass is 233 g/mol. The second-order valence-corrected chi connectivity index (χ2v) is 4.19. The van der Waals surface area contributed by atoms with Gasteiger partial charge in [0.1, 0.15) is 0 Å². The van der Waals surface area contributed by atoms with Gasteiger partial charge in [-0.3, -0.25) is 10.4 Å². The maximum Gasteiger partial charge on any atom is 0.206 e. The SMILES string of the molecule is CCc1cccnc1CN=C(NN)NC1CC1. The number of aromatic nitrogens is 1. The van der Waals surface area contributed by atoms with Gasteiger partial charge in [-0.15, -0.1) is 0 Å². The van der Waals surface area contributed by atoms with E-state index in [1.165, 1.54) is 18.4 Å². The molecule has 1 aliphatic rings. The van der Waals surface area contributed by atoms with E-state index in [9.17, 15) is 0 Å². The third-order valence-electron chi connectivity index (χ3n) is 2.81. The lowest BCUT2D eigenvalue weighted by Crippen LogP contribution is -2.42. The lowest BCUT2D eigenvalue weighted by Gasteiger charge is -2.08. The molecule has 5 nitrogen and oxygen atoms in total. The van der Waals surface area contributed by atoms with Crippen molar-refractivity contribution >= 4 is 5.96 Å². The molecule has 2 rings (SSSR count). The molecule has 0 amide bonds. The molecule has 1 aromatic rings. The Labute approximate surface area is 102 Å². The molecule has 1 aromatic heterocycles. The van der Waals surface area contributed by atoms with Crippen molar-refractivity contribution in [3.05, 3.63) is 29.6 Å². The first kappa shape index (κ1) is 11.9. The van der Waals surface area contributed by atoms with E-state index >= 15 is 0 Å². The molecule has 0 aromatic carbocycles. The highest BCUT2D eigenvalue weighted by atomic mass is 15.3. The van der Waals surface area contributed by atoms with Crippen molar-refractivity contribution in [3.63, 3.8) is 0 Å². The fourth-order valence-electron chi connectivity index (χ4n) is 1.64. The zero-order chi connectivity index (χ0) is 12.1. The predicted octanol–water partition coefficient (Wildman–Crippen LogP) is 0.715. The zero-order valence-electron chi connectivity index (χ0n) is 10.1. The molecule has 0 radical (unpaired) electrons. The first-order chi connectivity index (χ1) is 8.33. The number of rotatable bonds is 4. The molecule has 5 heteroatoms. The number of hydrogen-bond donors (Lipinski definition) is 3. The molecule has 92 valence electrons. The van der Waals surface area contributed by atoms with Crippen LogP contribution in [-0.4, -0.2) is 17.0 Å². The fourth-order valence-corrected chi connectivity index (χ4v) is 1.64. The maximum atomic E-state index is 5.42. The number of aryl methyl sites for hydroxylation is 1. The molecule has 1 saturated carbocycles. The van der Waals surface area contributed by atoms with Crippen molar-refractivity contribution in [2.75, 3.05) is 0 Å². The minimum Gasteiger partial charge on any atom is -0.353 e. The van der Waals surface area contributed by atoms with Gasteiger partial charge in [0.25, 0.3) is 0 Å². The second-order valence-electron chi connectivity index (χ2n) is 4.19. The van der Waals surface area contributed by atoms with Gasteiger partial charge < -0.3 is 5.32 Å². The summed E-state index contributed by atoms with van der Waals surface area (Å²) < 4.78 is 0. The van der Waals surface area contributed by atoms with Crippen LogP contribution in [0.1, 0.15) is 31.0 Å². The molecular formula is C12H19N5. The maximum absolute atomic E-state index is 5.42. The van der Waals surface area contributed by atoms with Gasteiger partial charge >= 0.3 is 0 Å². The van der Waals surface area contributed by atoms with Crippen molar-refractivity contribution in [1.29, 1.82) is 0 Å². The smallest absolute Gasteiger partial charge is 0.206 e. The third-order valence-corrected chi connectivity index (χ3v) is 2.81. The Morgan fingerprint density at radius 1 is 1.59 bits per heavy atom. The van der Waals surface area contributed by atoms with Crippen LogP contribution >= 0.6 is 0 Å². The number of nitrogens with one attached hydrogen (secondary N) is 2. The predicted molar refractivity (Wildman–Crippen MR) is 68.2 cm³/mol. The van der Waals surface area contributed by atoms with Gasteiger partial charge in [-0.2, -0.15) is 0 Å². The van der Waals surface area contributed by atoms with E-state index in [0.717, 1.165) is 12.1 Å². The van der Waals surface area contributed by atoms with E-state index < -0.39 is 0 Å². The van der Waals surface area contributed by atoms with Crippen LogP contribution in [0.3, 0.4) is 0 Å². The second kappa shape index (κ2) is 5.63. The van der Waals surface area contributed by atoms with Crippen LogP contribution in [0.2, 0.25) is 0 Å². The van der Waals surface area contributed by atoms with Crippen molar-refractivity contribution in [3.8, 4) is 0 Å². The van der Waals surface area contributed by atoms with Crippen molar-refractivity contribution in [2.24, 2.45) is 10.8 Å². The summed E-state index contributed by atoms with van der Waals surface area (Å²) in [4.78, 5) is 8.76. The van der Waals surface area contributed by atoms with E-state index in [1.807, 2.05) is 6.07 Å². The number of guanidine groups is 1. The molecule has 1 aliphatic carbocycles. The summed E-state index contributed by atoms with van der Waals surface area (Å²) in [5.74, 6) is 6.07. The van der Waals surface area contributed by atoms with E-state index in [1.54, 1.807) is 6.20 Å². The standard InChI is InChI=1S/C12H19N5/c1-2-9-4-3-7-14-11(9)8-15-12(17-13)16-10-5-6-10/h3-4,7,10H,2,5-6,8,13H2,1H3,(H2,15,16,17). The molecule has 17 heavy (non-hydrogen) atoms. The van der Waals surface area contributed by atoms with E-state index in [-0.39, 0.29) is 0 Å². The lowest BCUT2D eigenvalue weighted by molar-refractivity contribution is 0.813. The largest absolute Gasteiger partial charge is 0.353 e. The summed E-state index contributed by atoms with van der Waals surface area (Å²) in [6, 6.07) is 4.58. The Bertz CT molecular complexity index is 398. The summed E-state index contributed by atoms with van der Waals surface area (Å²) >= 11 is 0. The van der Waals surface area contributed by atoms with Crippen LogP contribution in [-0.2, 0) is 13.0 Å². The van der Waals surface area contributed by atoms with E-state index in [2.05, 4.69) is 33.7 Å². The van der Waals surface area contributed by atoms with Crippen LogP contribution in [0, 0.1) is 0 Å². The molecular weight excluding hydrogens is 214 g/mol. The first-order valence-electron chi connectivity index (χ1n) is 6.04. The Balaban J connectivity index is 2.00. The van der Waals surface area contributed by atoms with Gasteiger partial charge in [0.05, 0.1) is 12.2 Å². The van der Waals surface area contributed by atoms with Crippen LogP contribution in [0.25, 0.3) is 0 Å². The highest BCUT2D eigenvalue weighted by molar-refractivity contribution is 5.79. The molecule has 0 aliphatic heterocycles. The van der Waals surface area contributed by atoms with Gasteiger partial charge in [-0.25, -0.2) is 10.8 Å². The molecule has 1 heterocycles. The van der Waals surface area contributed by atoms with Gasteiger partial charge in [-0.1, -0.05) is 13.0 Å². The number of nitrogens with zero attached hydrogens (tertiary/aromatic N) is 2. The number of hydrazine groups is 1. The number of hydrogen-bond acceptors (Lipinski definition) is 3. The minimum absolute atomic E-state index is 0.541.